The number of nitrogens with zero attached hydrogens (tertiary/aromatic N) is 2. The van der Waals surface area contributed by atoms with E-state index in [0.717, 1.165) is 5.56 Å². The highest BCUT2D eigenvalue weighted by atomic mass is 32.1. The van der Waals surface area contributed by atoms with Crippen molar-refractivity contribution in [1.29, 1.82) is 0 Å². The number of rotatable bonds is 7. The van der Waals surface area contributed by atoms with Crippen molar-refractivity contribution in [3.8, 4) is 0 Å². The van der Waals surface area contributed by atoms with Crippen LogP contribution in [-0.4, -0.2) is 33.5 Å². The zero-order valence-electron chi connectivity index (χ0n) is 23.5. The molecular weight excluding hydrogens is 550 g/mol. The van der Waals surface area contributed by atoms with E-state index in [1.54, 1.807) is 53.9 Å². The summed E-state index contributed by atoms with van der Waals surface area (Å²) in [5.41, 5.74) is 8.19. The number of nitro benzene ring substituents is 1. The summed E-state index contributed by atoms with van der Waals surface area (Å²) < 4.78 is 0. The number of carbonyl (C=O) groups is 3. The molecule has 0 radical (unpaired) electrons. The number of nitrogens with two attached hydrogens (primary N) is 1. The standard InChI is InChI=1S/C33H31N3O5S/c1-33(2,3)23-16-14-20(15-17-23)26-27(30(37)25-13-8-18-42-25)28(22-11-7-12-24(19-22)36(40)41)35(29(26)31(34)38)32(39)21-9-5-4-6-10-21/h4-19,26-29H,1-3H3,(H2,34,38). The van der Waals surface area contributed by atoms with Crippen LogP contribution < -0.4 is 5.73 Å². The second kappa shape index (κ2) is 11.3. The summed E-state index contributed by atoms with van der Waals surface area (Å²) in [6.07, 6.45) is 0. The Balaban J connectivity index is 1.78. The van der Waals surface area contributed by atoms with Crippen molar-refractivity contribution in [2.75, 3.05) is 0 Å². The number of likely N-dealkylation sites (tertiary alicyclic amines) is 1. The van der Waals surface area contributed by atoms with Gasteiger partial charge in [-0.15, -0.1) is 11.3 Å². The van der Waals surface area contributed by atoms with E-state index in [1.165, 1.54) is 34.4 Å². The smallest absolute Gasteiger partial charge is 0.269 e. The Kier molecular flexibility index (Phi) is 7.79. The molecule has 2 amide bonds. The van der Waals surface area contributed by atoms with Crippen LogP contribution in [0.5, 0.6) is 0 Å². The van der Waals surface area contributed by atoms with Gasteiger partial charge in [0.05, 0.1) is 21.8 Å². The van der Waals surface area contributed by atoms with Gasteiger partial charge in [0.2, 0.25) is 5.91 Å². The van der Waals surface area contributed by atoms with Crippen molar-refractivity contribution < 1.29 is 19.3 Å². The minimum atomic E-state index is -1.20. The van der Waals surface area contributed by atoms with E-state index in [-0.39, 0.29) is 16.9 Å². The van der Waals surface area contributed by atoms with Crippen LogP contribution in [0.25, 0.3) is 0 Å². The number of thiophene rings is 1. The molecule has 1 saturated heterocycles. The molecule has 0 spiro atoms. The van der Waals surface area contributed by atoms with Gasteiger partial charge in [-0.3, -0.25) is 24.5 Å². The van der Waals surface area contributed by atoms with Gasteiger partial charge < -0.3 is 10.6 Å². The van der Waals surface area contributed by atoms with Crippen LogP contribution >= 0.6 is 11.3 Å². The number of amides is 2. The lowest BCUT2D eigenvalue weighted by molar-refractivity contribution is -0.385. The molecule has 1 aliphatic heterocycles. The van der Waals surface area contributed by atoms with E-state index in [1.807, 2.05) is 24.3 Å². The van der Waals surface area contributed by atoms with Gasteiger partial charge in [-0.2, -0.15) is 0 Å². The molecule has 0 bridgehead atoms. The number of Topliss-reactive ketones (excluding diaryl/α,β-unsaturated/α-hetero) is 1. The van der Waals surface area contributed by atoms with Crippen LogP contribution in [0.4, 0.5) is 5.69 Å². The Morgan fingerprint density at radius 1 is 0.881 bits per heavy atom. The molecule has 1 fully saturated rings. The summed E-state index contributed by atoms with van der Waals surface area (Å²) in [6.45, 7) is 6.27. The first-order valence-corrected chi connectivity index (χ1v) is 14.5. The highest BCUT2D eigenvalue weighted by molar-refractivity contribution is 7.12. The number of hydrogen-bond donors (Lipinski definition) is 1. The zero-order chi connectivity index (χ0) is 30.2. The first-order valence-electron chi connectivity index (χ1n) is 13.6. The van der Waals surface area contributed by atoms with Gasteiger partial charge >= 0.3 is 0 Å². The highest BCUT2D eigenvalue weighted by Crippen LogP contribution is 2.52. The van der Waals surface area contributed by atoms with Crippen LogP contribution in [0.2, 0.25) is 0 Å². The van der Waals surface area contributed by atoms with Crippen molar-refractivity contribution in [2.45, 2.75) is 44.2 Å². The van der Waals surface area contributed by atoms with Crippen molar-refractivity contribution in [1.82, 2.24) is 4.90 Å². The molecule has 2 heterocycles. The molecular formula is C33H31N3O5S. The summed E-state index contributed by atoms with van der Waals surface area (Å²) in [7, 11) is 0. The van der Waals surface area contributed by atoms with E-state index in [4.69, 9.17) is 5.73 Å². The van der Waals surface area contributed by atoms with Crippen LogP contribution in [0.3, 0.4) is 0 Å². The third-order valence-electron chi connectivity index (χ3n) is 7.86. The average Bonchev–Trinajstić information content (AvgIpc) is 3.64. The molecule has 4 atom stereocenters. The summed E-state index contributed by atoms with van der Waals surface area (Å²) >= 11 is 1.26. The Hall–Kier alpha value is -4.63. The summed E-state index contributed by atoms with van der Waals surface area (Å²) in [6, 6.07) is 23.3. The van der Waals surface area contributed by atoms with E-state index >= 15 is 0 Å². The Morgan fingerprint density at radius 3 is 2.14 bits per heavy atom. The number of primary amides is 1. The first-order chi connectivity index (χ1) is 20.0. The van der Waals surface area contributed by atoms with Gasteiger partial charge in [-0.25, -0.2) is 0 Å². The fraction of sp³-hybridized carbons (Fsp3) is 0.242. The van der Waals surface area contributed by atoms with Gasteiger partial charge in [0, 0.05) is 23.6 Å². The lowest BCUT2D eigenvalue weighted by Crippen LogP contribution is -2.46. The third kappa shape index (κ3) is 5.35. The van der Waals surface area contributed by atoms with E-state index in [0.29, 0.717) is 21.6 Å². The lowest BCUT2D eigenvalue weighted by atomic mass is 9.76. The molecule has 4 aromatic rings. The molecule has 2 N–H and O–H groups in total. The SMILES string of the molecule is CC(C)(C)c1ccc(C2C(C(=O)c3cccs3)C(c3cccc([N+](=O)[O-])c3)N(C(=O)c3ccccc3)C2C(N)=O)cc1. The maximum atomic E-state index is 14.4. The number of nitro groups is 1. The second-order valence-corrected chi connectivity index (χ2v) is 12.4. The monoisotopic (exact) mass is 581 g/mol. The molecule has 1 aromatic heterocycles. The fourth-order valence-electron chi connectivity index (χ4n) is 5.88. The van der Waals surface area contributed by atoms with E-state index in [2.05, 4.69) is 20.8 Å². The highest BCUT2D eigenvalue weighted by Gasteiger charge is 2.57. The Morgan fingerprint density at radius 2 is 1.57 bits per heavy atom. The molecule has 0 saturated carbocycles. The predicted molar refractivity (Wildman–Crippen MR) is 161 cm³/mol. The maximum absolute atomic E-state index is 14.4. The summed E-state index contributed by atoms with van der Waals surface area (Å²) in [5, 5.41) is 13.6. The molecule has 4 unspecified atom stereocenters. The van der Waals surface area contributed by atoms with Crippen LogP contribution in [-0.2, 0) is 10.2 Å². The minimum Gasteiger partial charge on any atom is -0.368 e. The summed E-state index contributed by atoms with van der Waals surface area (Å²) in [4.78, 5) is 55.1. The van der Waals surface area contributed by atoms with Gasteiger partial charge in [0.1, 0.15) is 6.04 Å². The first kappa shape index (κ1) is 28.9. The Bertz CT molecular complexity index is 1630. The number of benzene rings is 3. The topological polar surface area (TPSA) is 124 Å². The van der Waals surface area contributed by atoms with Crippen LogP contribution in [0.15, 0.2) is 96.4 Å². The van der Waals surface area contributed by atoms with E-state index < -0.39 is 40.7 Å². The van der Waals surface area contributed by atoms with Crippen LogP contribution in [0, 0.1) is 16.0 Å². The molecule has 0 aliphatic carbocycles. The minimum absolute atomic E-state index is 0.135. The van der Waals surface area contributed by atoms with Crippen molar-refractivity contribution in [2.24, 2.45) is 11.7 Å². The second-order valence-electron chi connectivity index (χ2n) is 11.5. The van der Waals surface area contributed by atoms with Crippen LogP contribution in [0.1, 0.15) is 69.5 Å². The average molecular weight is 582 g/mol. The molecule has 3 aromatic carbocycles. The maximum Gasteiger partial charge on any atom is 0.269 e. The van der Waals surface area contributed by atoms with E-state index in [9.17, 15) is 24.5 Å². The molecule has 5 rings (SSSR count). The van der Waals surface area contributed by atoms with Gasteiger partial charge in [0.15, 0.2) is 5.78 Å². The van der Waals surface area contributed by atoms with Crippen molar-refractivity contribution in [3.63, 3.8) is 0 Å². The molecule has 42 heavy (non-hydrogen) atoms. The lowest BCUT2D eigenvalue weighted by Gasteiger charge is -2.31. The largest absolute Gasteiger partial charge is 0.368 e. The van der Waals surface area contributed by atoms with Crippen molar-refractivity contribution >= 4 is 34.6 Å². The molecule has 9 heteroatoms. The Labute approximate surface area is 247 Å². The van der Waals surface area contributed by atoms with Crippen molar-refractivity contribution in [3.05, 3.63) is 134 Å². The van der Waals surface area contributed by atoms with Gasteiger partial charge in [-0.05, 0) is 45.7 Å². The number of hydrogen-bond acceptors (Lipinski definition) is 6. The number of carbonyl (C=O) groups excluding carboxylic acids is 3. The number of non-ortho nitro benzene ring substituents is 1. The van der Waals surface area contributed by atoms with Gasteiger partial charge in [0.25, 0.3) is 11.6 Å². The zero-order valence-corrected chi connectivity index (χ0v) is 24.3. The molecule has 1 aliphatic rings. The molecule has 214 valence electrons. The fourth-order valence-corrected chi connectivity index (χ4v) is 6.60. The molecule has 8 nitrogen and oxygen atoms in total. The van der Waals surface area contributed by atoms with Gasteiger partial charge in [-0.1, -0.05) is 81.4 Å². The normalized spacial score (nSPS) is 20.3. The predicted octanol–water partition coefficient (Wildman–Crippen LogP) is 6.29. The number of ketones is 1. The summed E-state index contributed by atoms with van der Waals surface area (Å²) in [5.74, 6) is -3.27. The quantitative estimate of drug-likeness (QED) is 0.156. The third-order valence-corrected chi connectivity index (χ3v) is 8.75.